The highest BCUT2D eigenvalue weighted by atomic mass is 15.0. The van der Waals surface area contributed by atoms with Crippen LogP contribution in [0.5, 0.6) is 0 Å². The molecule has 1 aromatic heterocycles. The molecule has 0 N–H and O–H groups in total. The summed E-state index contributed by atoms with van der Waals surface area (Å²) in [4.78, 5) is 4.31. The molecule has 2 aromatic carbocycles. The molecule has 0 unspecified atom stereocenters. The van der Waals surface area contributed by atoms with Crippen molar-refractivity contribution in [1.82, 2.24) is 4.98 Å². The van der Waals surface area contributed by atoms with Gasteiger partial charge in [-0.05, 0) is 42.8 Å². The van der Waals surface area contributed by atoms with Crippen molar-refractivity contribution in [2.24, 2.45) is 7.05 Å². The van der Waals surface area contributed by atoms with Crippen molar-refractivity contribution in [2.75, 3.05) is 0 Å². The van der Waals surface area contributed by atoms with Crippen LogP contribution < -0.4 is 4.57 Å². The first kappa shape index (κ1) is 11.1. The summed E-state index contributed by atoms with van der Waals surface area (Å²) < 4.78 is 2.12. The number of hydrogen-bond acceptors (Lipinski definition) is 1. The van der Waals surface area contributed by atoms with Crippen molar-refractivity contribution >= 4 is 21.7 Å². The first-order chi connectivity index (χ1) is 8.61. The summed E-state index contributed by atoms with van der Waals surface area (Å²) in [5.41, 5.74) is 5.28. The van der Waals surface area contributed by atoms with Crippen LogP contribution in [0.1, 0.15) is 16.7 Å². The zero-order valence-corrected chi connectivity index (χ0v) is 11.3. The maximum Gasteiger partial charge on any atom is 0.286 e. The van der Waals surface area contributed by atoms with E-state index in [1.54, 1.807) is 0 Å². The summed E-state index contributed by atoms with van der Waals surface area (Å²) in [6.07, 6.45) is 3.85. The van der Waals surface area contributed by atoms with Gasteiger partial charge in [-0.1, -0.05) is 23.2 Å². The lowest BCUT2D eigenvalue weighted by atomic mass is 9.94. The quantitative estimate of drug-likeness (QED) is 0.433. The fraction of sp³-hybridized carbons (Fsp3) is 0.250. The maximum absolute atomic E-state index is 4.31. The van der Waals surface area contributed by atoms with E-state index in [4.69, 9.17) is 0 Å². The van der Waals surface area contributed by atoms with Crippen LogP contribution in [0.2, 0.25) is 0 Å². The van der Waals surface area contributed by atoms with Crippen LogP contribution in [-0.4, -0.2) is 4.98 Å². The molecule has 0 aliphatic carbocycles. The third-order valence-electron chi connectivity index (χ3n) is 3.93. The van der Waals surface area contributed by atoms with Gasteiger partial charge < -0.3 is 0 Å². The number of fused-ring (bicyclic) bond motifs is 3. The molecule has 0 spiro atoms. The van der Waals surface area contributed by atoms with Crippen molar-refractivity contribution in [3.8, 4) is 0 Å². The van der Waals surface area contributed by atoms with Crippen LogP contribution in [-0.2, 0) is 7.05 Å². The molecule has 0 atom stereocenters. The molecule has 3 aromatic rings. The predicted molar refractivity (Wildman–Crippen MR) is 74.6 cm³/mol. The number of hydrogen-bond donors (Lipinski definition) is 0. The molecule has 0 aliphatic rings. The molecule has 2 heteroatoms. The summed E-state index contributed by atoms with van der Waals surface area (Å²) in [5.74, 6) is 0. The Morgan fingerprint density at radius 1 is 1.00 bits per heavy atom. The van der Waals surface area contributed by atoms with Gasteiger partial charge in [0.25, 0.3) is 6.33 Å². The highest BCUT2D eigenvalue weighted by molar-refractivity contribution is 6.08. The molecule has 0 saturated carbocycles. The van der Waals surface area contributed by atoms with E-state index in [0.717, 1.165) is 0 Å². The third-order valence-corrected chi connectivity index (χ3v) is 3.93. The molecule has 0 amide bonds. The Hall–Kier alpha value is -1.96. The van der Waals surface area contributed by atoms with Gasteiger partial charge in [-0.15, -0.1) is 0 Å². The first-order valence-electron chi connectivity index (χ1n) is 6.23. The van der Waals surface area contributed by atoms with Gasteiger partial charge in [0.05, 0.1) is 12.4 Å². The van der Waals surface area contributed by atoms with Crippen molar-refractivity contribution in [1.29, 1.82) is 0 Å². The van der Waals surface area contributed by atoms with Crippen molar-refractivity contribution in [3.05, 3.63) is 47.4 Å². The Bertz CT molecular complexity index is 706. The summed E-state index contributed by atoms with van der Waals surface area (Å²) in [6, 6.07) is 6.53. The first-order valence-corrected chi connectivity index (χ1v) is 6.23. The van der Waals surface area contributed by atoms with Crippen LogP contribution in [0.4, 0.5) is 0 Å². The molecule has 90 valence electrons. The lowest BCUT2D eigenvalue weighted by Gasteiger charge is -2.12. The Morgan fingerprint density at radius 3 is 2.50 bits per heavy atom. The monoisotopic (exact) mass is 237 g/mol. The van der Waals surface area contributed by atoms with Gasteiger partial charge in [-0.3, -0.25) is 0 Å². The summed E-state index contributed by atoms with van der Waals surface area (Å²) >= 11 is 0. The minimum atomic E-state index is 1.25. The minimum absolute atomic E-state index is 1.25. The number of benzene rings is 2. The average Bonchev–Trinajstić information content (AvgIpc) is 2.36. The van der Waals surface area contributed by atoms with Crippen LogP contribution in [0.15, 0.2) is 30.7 Å². The van der Waals surface area contributed by atoms with Gasteiger partial charge in [0.15, 0.2) is 6.20 Å². The molecule has 0 fully saturated rings. The maximum atomic E-state index is 4.31. The topological polar surface area (TPSA) is 16.8 Å². The van der Waals surface area contributed by atoms with Crippen molar-refractivity contribution < 1.29 is 4.57 Å². The highest BCUT2D eigenvalue weighted by Crippen LogP contribution is 2.31. The van der Waals surface area contributed by atoms with E-state index >= 15 is 0 Å². The van der Waals surface area contributed by atoms with Gasteiger partial charge >= 0.3 is 0 Å². The van der Waals surface area contributed by atoms with E-state index in [1.165, 1.54) is 38.4 Å². The average molecular weight is 237 g/mol. The van der Waals surface area contributed by atoms with E-state index in [-0.39, 0.29) is 0 Å². The van der Waals surface area contributed by atoms with Crippen molar-refractivity contribution in [3.63, 3.8) is 0 Å². The lowest BCUT2D eigenvalue weighted by molar-refractivity contribution is -0.647. The van der Waals surface area contributed by atoms with Crippen LogP contribution in [0, 0.1) is 20.8 Å². The molecule has 3 rings (SSSR count). The van der Waals surface area contributed by atoms with Crippen LogP contribution in [0.3, 0.4) is 0 Å². The van der Waals surface area contributed by atoms with Crippen LogP contribution >= 0.6 is 0 Å². The Morgan fingerprint density at radius 2 is 1.72 bits per heavy atom. The Labute approximate surface area is 107 Å². The second-order valence-corrected chi connectivity index (χ2v) is 5.01. The zero-order chi connectivity index (χ0) is 12.9. The standard InChI is InChI=1S/C16H17N2/c1-10-6-5-7-13-11(2)12(3)14-8-17-9-18(4)16(14)15(10)13/h5-9H,1-4H3/q+1. The van der Waals surface area contributed by atoms with Crippen LogP contribution in [0.25, 0.3) is 21.7 Å². The molecule has 0 aliphatic heterocycles. The second-order valence-electron chi connectivity index (χ2n) is 5.01. The Kier molecular flexibility index (Phi) is 2.34. The van der Waals surface area contributed by atoms with Gasteiger partial charge in [0.1, 0.15) is 5.52 Å². The predicted octanol–water partition coefficient (Wildman–Crippen LogP) is 3.14. The number of nitrogens with zero attached hydrogens (tertiary/aromatic N) is 2. The fourth-order valence-corrected chi connectivity index (χ4v) is 2.80. The smallest absolute Gasteiger partial charge is 0.232 e. The van der Waals surface area contributed by atoms with E-state index in [1.807, 2.05) is 12.5 Å². The molecule has 0 radical (unpaired) electrons. The van der Waals surface area contributed by atoms with Gasteiger partial charge in [0, 0.05) is 5.39 Å². The Balaban J connectivity index is 2.75. The number of rotatable bonds is 0. The third kappa shape index (κ3) is 1.35. The molecule has 18 heavy (non-hydrogen) atoms. The zero-order valence-electron chi connectivity index (χ0n) is 11.3. The molecular formula is C16H17N2+. The number of aryl methyl sites for hydroxylation is 4. The van der Waals surface area contributed by atoms with Gasteiger partial charge in [-0.25, -0.2) is 4.57 Å². The minimum Gasteiger partial charge on any atom is -0.232 e. The lowest BCUT2D eigenvalue weighted by Crippen LogP contribution is -2.29. The summed E-state index contributed by atoms with van der Waals surface area (Å²) in [5, 5.41) is 3.95. The molecule has 0 saturated heterocycles. The molecule has 0 bridgehead atoms. The molecule has 1 heterocycles. The van der Waals surface area contributed by atoms with Gasteiger partial charge in [0.2, 0.25) is 0 Å². The second kappa shape index (κ2) is 3.77. The van der Waals surface area contributed by atoms with Crippen molar-refractivity contribution in [2.45, 2.75) is 20.8 Å². The SMILES string of the molecule is Cc1c(C)c2cnc[n+](C)c2c2c(C)cccc12. The highest BCUT2D eigenvalue weighted by Gasteiger charge is 2.15. The fourth-order valence-electron chi connectivity index (χ4n) is 2.80. The molecular weight excluding hydrogens is 220 g/mol. The summed E-state index contributed by atoms with van der Waals surface area (Å²) in [7, 11) is 2.07. The van der Waals surface area contributed by atoms with E-state index in [0.29, 0.717) is 0 Å². The van der Waals surface area contributed by atoms with E-state index in [9.17, 15) is 0 Å². The van der Waals surface area contributed by atoms with E-state index in [2.05, 4.69) is 55.6 Å². The largest absolute Gasteiger partial charge is 0.286 e. The van der Waals surface area contributed by atoms with E-state index < -0.39 is 0 Å². The van der Waals surface area contributed by atoms with Gasteiger partial charge in [-0.2, -0.15) is 0 Å². The summed E-state index contributed by atoms with van der Waals surface area (Å²) in [6.45, 7) is 6.56. The normalized spacial score (nSPS) is 11.3. The number of aromatic nitrogens is 2. The molecule has 2 nitrogen and oxygen atoms in total.